The predicted octanol–water partition coefficient (Wildman–Crippen LogP) is 5.29. The molecule has 2 heterocycles. The van der Waals surface area contributed by atoms with Crippen molar-refractivity contribution in [1.82, 2.24) is 9.36 Å². The lowest BCUT2D eigenvalue weighted by atomic mass is 10.1. The lowest BCUT2D eigenvalue weighted by Crippen LogP contribution is -2.52. The smallest absolute Gasteiger partial charge is 0.205 e. The fourth-order valence-corrected chi connectivity index (χ4v) is 4.79. The van der Waals surface area contributed by atoms with Crippen LogP contribution in [0, 0.1) is 5.82 Å². The van der Waals surface area contributed by atoms with Gasteiger partial charge < -0.3 is 9.80 Å². The Labute approximate surface area is 177 Å². The van der Waals surface area contributed by atoms with Crippen LogP contribution in [0.15, 0.2) is 42.5 Å². The van der Waals surface area contributed by atoms with Gasteiger partial charge in [0.2, 0.25) is 5.13 Å². The van der Waals surface area contributed by atoms with Crippen molar-refractivity contribution >= 4 is 45.6 Å². The van der Waals surface area contributed by atoms with E-state index in [1.165, 1.54) is 23.7 Å². The van der Waals surface area contributed by atoms with Gasteiger partial charge in [0.25, 0.3) is 0 Å². The third-order valence-corrected chi connectivity index (χ3v) is 6.28. The number of para-hydroxylation sites is 1. The van der Waals surface area contributed by atoms with Crippen LogP contribution < -0.4 is 9.80 Å². The highest BCUT2D eigenvalue weighted by Gasteiger charge is 2.28. The minimum absolute atomic E-state index is 0.232. The monoisotopic (exact) mass is 436 g/mol. The number of halogens is 3. The Balaban J connectivity index is 1.45. The summed E-state index contributed by atoms with van der Waals surface area (Å²) < 4.78 is 17.5. The van der Waals surface area contributed by atoms with Crippen molar-refractivity contribution in [2.24, 2.45) is 0 Å². The Bertz CT molecular complexity index is 943. The van der Waals surface area contributed by atoms with Crippen LogP contribution in [-0.2, 0) is 6.42 Å². The molecule has 1 aromatic heterocycles. The van der Waals surface area contributed by atoms with Gasteiger partial charge in [-0.25, -0.2) is 9.37 Å². The first-order valence-corrected chi connectivity index (χ1v) is 10.6. The molecule has 0 aliphatic carbocycles. The molecule has 1 fully saturated rings. The van der Waals surface area contributed by atoms with Gasteiger partial charge in [-0.15, -0.1) is 0 Å². The quantitative estimate of drug-likeness (QED) is 0.555. The van der Waals surface area contributed by atoms with Gasteiger partial charge in [-0.05, 0) is 36.8 Å². The van der Waals surface area contributed by atoms with Crippen LogP contribution in [0.3, 0.4) is 0 Å². The van der Waals surface area contributed by atoms with Crippen LogP contribution in [0.2, 0.25) is 10.0 Å². The van der Waals surface area contributed by atoms with E-state index in [4.69, 9.17) is 23.2 Å². The van der Waals surface area contributed by atoms with Crippen LogP contribution >= 0.6 is 34.7 Å². The molecule has 1 saturated heterocycles. The fraction of sp³-hybridized carbons (Fsp3) is 0.300. The Morgan fingerprint density at radius 1 is 1.11 bits per heavy atom. The number of hydrogen-bond acceptors (Lipinski definition) is 5. The van der Waals surface area contributed by atoms with Crippen LogP contribution in [0.25, 0.3) is 0 Å². The van der Waals surface area contributed by atoms with Gasteiger partial charge in [0, 0.05) is 43.6 Å². The maximum Gasteiger partial charge on any atom is 0.205 e. The van der Waals surface area contributed by atoms with Gasteiger partial charge in [-0.3, -0.25) is 0 Å². The lowest BCUT2D eigenvalue weighted by Gasteiger charge is -2.41. The maximum absolute atomic E-state index is 13.1. The van der Waals surface area contributed by atoms with E-state index >= 15 is 0 Å². The van der Waals surface area contributed by atoms with Crippen LogP contribution in [0.4, 0.5) is 15.2 Å². The van der Waals surface area contributed by atoms with E-state index in [0.29, 0.717) is 16.5 Å². The second kappa shape index (κ2) is 8.23. The summed E-state index contributed by atoms with van der Waals surface area (Å²) in [6, 6.07) is 12.3. The van der Waals surface area contributed by atoms with Crippen molar-refractivity contribution in [2.45, 2.75) is 19.4 Å². The summed E-state index contributed by atoms with van der Waals surface area (Å²) in [5.41, 5.74) is 1.89. The van der Waals surface area contributed by atoms with E-state index < -0.39 is 0 Å². The van der Waals surface area contributed by atoms with Gasteiger partial charge in [-0.2, -0.15) is 4.37 Å². The van der Waals surface area contributed by atoms with Crippen LogP contribution in [0.5, 0.6) is 0 Å². The highest BCUT2D eigenvalue weighted by Crippen LogP contribution is 2.36. The summed E-state index contributed by atoms with van der Waals surface area (Å²) in [5, 5.41) is 2.25. The van der Waals surface area contributed by atoms with Gasteiger partial charge in [0.1, 0.15) is 11.6 Å². The lowest BCUT2D eigenvalue weighted by molar-refractivity contribution is 0.550. The number of aromatic nitrogens is 2. The second-order valence-corrected chi connectivity index (χ2v) is 8.40. The molecular formula is C20H19Cl2FN4S. The number of piperazine rings is 1. The molecule has 4 nitrogen and oxygen atoms in total. The average molecular weight is 437 g/mol. The number of nitrogens with zero attached hydrogens (tertiary/aromatic N) is 4. The number of anilines is 2. The number of hydrogen-bond donors (Lipinski definition) is 0. The molecule has 0 saturated carbocycles. The normalized spacial score (nSPS) is 17.2. The van der Waals surface area contributed by atoms with Crippen molar-refractivity contribution in [3.8, 4) is 0 Å². The molecule has 3 aromatic rings. The third kappa shape index (κ3) is 4.09. The largest absolute Gasteiger partial charge is 0.363 e. The first kappa shape index (κ1) is 19.4. The van der Waals surface area contributed by atoms with Gasteiger partial charge >= 0.3 is 0 Å². The van der Waals surface area contributed by atoms with Crippen molar-refractivity contribution in [2.75, 3.05) is 29.4 Å². The molecule has 1 aliphatic heterocycles. The fourth-order valence-electron chi connectivity index (χ4n) is 3.46. The summed E-state index contributed by atoms with van der Waals surface area (Å²) in [7, 11) is 0. The zero-order chi connectivity index (χ0) is 19.7. The van der Waals surface area contributed by atoms with Gasteiger partial charge in [-0.1, -0.05) is 41.4 Å². The maximum atomic E-state index is 13.1. The molecule has 8 heteroatoms. The zero-order valence-corrected chi connectivity index (χ0v) is 17.6. The van der Waals surface area contributed by atoms with Crippen LogP contribution in [-0.4, -0.2) is 35.0 Å². The predicted molar refractivity (Wildman–Crippen MR) is 115 cm³/mol. The molecule has 28 heavy (non-hydrogen) atoms. The van der Waals surface area contributed by atoms with E-state index in [2.05, 4.69) is 26.1 Å². The molecule has 0 radical (unpaired) electrons. The Kier molecular flexibility index (Phi) is 5.71. The van der Waals surface area contributed by atoms with E-state index in [-0.39, 0.29) is 11.9 Å². The minimum Gasteiger partial charge on any atom is -0.363 e. The first-order chi connectivity index (χ1) is 13.5. The Morgan fingerprint density at radius 3 is 2.50 bits per heavy atom. The number of rotatable bonds is 4. The summed E-state index contributed by atoms with van der Waals surface area (Å²) in [6.07, 6.45) is 0.599. The van der Waals surface area contributed by atoms with Crippen molar-refractivity contribution < 1.29 is 4.39 Å². The van der Waals surface area contributed by atoms with E-state index in [0.717, 1.165) is 41.8 Å². The zero-order valence-electron chi connectivity index (χ0n) is 15.3. The molecule has 0 amide bonds. The molecule has 0 spiro atoms. The number of benzene rings is 2. The molecule has 1 aliphatic rings. The van der Waals surface area contributed by atoms with Crippen molar-refractivity contribution in [1.29, 1.82) is 0 Å². The molecule has 146 valence electrons. The molecule has 0 bridgehead atoms. The summed E-state index contributed by atoms with van der Waals surface area (Å²) >= 11 is 14.2. The molecule has 2 aromatic carbocycles. The summed E-state index contributed by atoms with van der Waals surface area (Å²) in [5.74, 6) is 0.525. The second-order valence-electron chi connectivity index (χ2n) is 6.86. The SMILES string of the molecule is CC1CN(c2nc(Cc3ccc(F)cc3)ns2)CCN1c1c(Cl)cccc1Cl. The highest BCUT2D eigenvalue weighted by molar-refractivity contribution is 7.09. The van der Waals surface area contributed by atoms with E-state index in [1.54, 1.807) is 12.1 Å². The van der Waals surface area contributed by atoms with Crippen molar-refractivity contribution in [3.63, 3.8) is 0 Å². The molecular weight excluding hydrogens is 418 g/mol. The topological polar surface area (TPSA) is 32.3 Å². The Morgan fingerprint density at radius 2 is 1.82 bits per heavy atom. The minimum atomic E-state index is -0.235. The molecule has 0 N–H and O–H groups in total. The molecule has 4 rings (SSSR count). The third-order valence-electron chi connectivity index (χ3n) is 4.86. The van der Waals surface area contributed by atoms with E-state index in [1.807, 2.05) is 18.2 Å². The molecule has 1 unspecified atom stereocenters. The van der Waals surface area contributed by atoms with Gasteiger partial charge in [0.15, 0.2) is 0 Å². The first-order valence-electron chi connectivity index (χ1n) is 9.04. The van der Waals surface area contributed by atoms with Crippen molar-refractivity contribution in [3.05, 3.63) is 69.7 Å². The van der Waals surface area contributed by atoms with Crippen LogP contribution in [0.1, 0.15) is 18.3 Å². The molecule has 1 atom stereocenters. The van der Waals surface area contributed by atoms with E-state index in [9.17, 15) is 4.39 Å². The highest BCUT2D eigenvalue weighted by atomic mass is 35.5. The average Bonchev–Trinajstić information content (AvgIpc) is 3.13. The standard InChI is InChI=1S/C20H19Cl2FN4S/c1-13-12-26(9-10-27(13)19-16(21)3-2-4-17(19)22)20-24-18(25-28-20)11-14-5-7-15(23)8-6-14/h2-8,13H,9-12H2,1H3. The van der Waals surface area contributed by atoms with Gasteiger partial charge in [0.05, 0.1) is 15.7 Å². The summed E-state index contributed by atoms with van der Waals surface area (Å²) in [6.45, 7) is 4.59. The Hall–Kier alpha value is -1.89. The summed E-state index contributed by atoms with van der Waals surface area (Å²) in [4.78, 5) is 9.19.